The van der Waals surface area contributed by atoms with Crippen LogP contribution in [0.4, 0.5) is 0 Å². The van der Waals surface area contributed by atoms with Crippen LogP contribution in [0.3, 0.4) is 0 Å². The van der Waals surface area contributed by atoms with Crippen molar-refractivity contribution in [3.05, 3.63) is 23.8 Å². The summed E-state index contributed by atoms with van der Waals surface area (Å²) in [7, 11) is 1.50. The second-order valence-electron chi connectivity index (χ2n) is 4.05. The number of aromatic hydroxyl groups is 1. The molecule has 6 heteroatoms. The maximum atomic E-state index is 11.8. The number of hydrogen-bond donors (Lipinski definition) is 1. The summed E-state index contributed by atoms with van der Waals surface area (Å²) in [6.07, 6.45) is 0. The average Bonchev–Trinajstić information content (AvgIpc) is 2.44. The predicted octanol–water partition coefficient (Wildman–Crippen LogP) is 2.32. The van der Waals surface area contributed by atoms with E-state index in [0.717, 1.165) is 13.1 Å². The van der Waals surface area contributed by atoms with Crippen LogP contribution in [0.15, 0.2) is 18.2 Å². The van der Waals surface area contributed by atoms with Gasteiger partial charge in [0.25, 0.3) is 0 Å². The monoisotopic (exact) mass is 303 g/mol. The molecule has 20 heavy (non-hydrogen) atoms. The summed E-state index contributed by atoms with van der Waals surface area (Å²) >= 11 is 0. The molecule has 5 nitrogen and oxygen atoms in total. The Morgan fingerprint density at radius 1 is 1.30 bits per heavy atom. The Hall–Kier alpha value is -1.46. The highest BCUT2D eigenvalue weighted by Crippen LogP contribution is 2.23. The van der Waals surface area contributed by atoms with E-state index in [-0.39, 0.29) is 23.7 Å². The topological polar surface area (TPSA) is 59.0 Å². The van der Waals surface area contributed by atoms with Crippen LogP contribution in [0.5, 0.6) is 11.5 Å². The van der Waals surface area contributed by atoms with Crippen molar-refractivity contribution >= 4 is 18.4 Å². The van der Waals surface area contributed by atoms with Crippen molar-refractivity contribution < 1.29 is 19.4 Å². The van der Waals surface area contributed by atoms with Gasteiger partial charge in [-0.1, -0.05) is 13.8 Å². The highest BCUT2D eigenvalue weighted by Gasteiger charge is 2.14. The van der Waals surface area contributed by atoms with E-state index >= 15 is 0 Å². The molecule has 114 valence electrons. The van der Waals surface area contributed by atoms with Crippen LogP contribution in [0.2, 0.25) is 0 Å². The predicted molar refractivity (Wildman–Crippen MR) is 80.0 cm³/mol. The zero-order valence-electron chi connectivity index (χ0n) is 12.1. The fourth-order valence-electron chi connectivity index (χ4n) is 1.69. The first-order valence-electron chi connectivity index (χ1n) is 6.38. The Labute approximate surface area is 125 Å². The molecule has 0 bridgehead atoms. The lowest BCUT2D eigenvalue weighted by atomic mass is 10.2. The Balaban J connectivity index is 0.00000361. The largest absolute Gasteiger partial charge is 0.507 e. The molecule has 0 aliphatic carbocycles. The summed E-state index contributed by atoms with van der Waals surface area (Å²) in [6.45, 7) is 6.93. The highest BCUT2D eigenvalue weighted by atomic mass is 35.5. The van der Waals surface area contributed by atoms with Crippen molar-refractivity contribution in [1.29, 1.82) is 0 Å². The van der Waals surface area contributed by atoms with Crippen molar-refractivity contribution in [3.8, 4) is 11.5 Å². The first kappa shape index (κ1) is 18.5. The Kier molecular flexibility index (Phi) is 8.76. The minimum Gasteiger partial charge on any atom is -0.507 e. The number of halogens is 1. The molecule has 0 fully saturated rings. The number of phenolic OH excluding ortho intramolecular Hbond substituents is 1. The normalized spacial score (nSPS) is 10.0. The van der Waals surface area contributed by atoms with Crippen LogP contribution < -0.4 is 4.74 Å². The van der Waals surface area contributed by atoms with Crippen molar-refractivity contribution in [2.45, 2.75) is 13.8 Å². The van der Waals surface area contributed by atoms with E-state index in [1.807, 2.05) is 0 Å². The molecule has 0 unspecified atom stereocenters. The molecule has 1 aromatic rings. The van der Waals surface area contributed by atoms with E-state index in [0.29, 0.717) is 18.9 Å². The third kappa shape index (κ3) is 5.27. The van der Waals surface area contributed by atoms with Gasteiger partial charge in [0.2, 0.25) is 0 Å². The quantitative estimate of drug-likeness (QED) is 0.783. The maximum absolute atomic E-state index is 11.8. The standard InChI is InChI=1S/C14H21NO4.ClH/c1-4-15(5-2)8-9-19-14(17)12-10-11(18-3)6-7-13(12)16;/h6-7,10,16H,4-5,8-9H2,1-3H3;1H. The molecule has 1 aromatic carbocycles. The number of hydrogen-bond acceptors (Lipinski definition) is 5. The zero-order chi connectivity index (χ0) is 14.3. The van der Waals surface area contributed by atoms with E-state index in [1.54, 1.807) is 6.07 Å². The van der Waals surface area contributed by atoms with Gasteiger partial charge >= 0.3 is 5.97 Å². The maximum Gasteiger partial charge on any atom is 0.342 e. The number of rotatable bonds is 7. The number of phenols is 1. The number of nitrogens with zero attached hydrogens (tertiary/aromatic N) is 1. The van der Waals surface area contributed by atoms with Crippen molar-refractivity contribution in [1.82, 2.24) is 4.90 Å². The van der Waals surface area contributed by atoms with Crippen LogP contribution in [-0.4, -0.2) is 49.3 Å². The summed E-state index contributed by atoms with van der Waals surface area (Å²) < 4.78 is 10.2. The Morgan fingerprint density at radius 3 is 2.50 bits per heavy atom. The van der Waals surface area contributed by atoms with Crippen LogP contribution in [0, 0.1) is 0 Å². The average molecular weight is 304 g/mol. The van der Waals surface area contributed by atoms with Gasteiger partial charge in [-0.15, -0.1) is 12.4 Å². The van der Waals surface area contributed by atoms with Gasteiger partial charge in [0.1, 0.15) is 23.7 Å². The van der Waals surface area contributed by atoms with E-state index in [1.165, 1.54) is 19.2 Å². The molecule has 1 rings (SSSR count). The van der Waals surface area contributed by atoms with Crippen molar-refractivity contribution in [2.24, 2.45) is 0 Å². The fraction of sp³-hybridized carbons (Fsp3) is 0.500. The second kappa shape index (κ2) is 9.44. The molecule has 0 saturated carbocycles. The summed E-state index contributed by atoms with van der Waals surface area (Å²) in [6, 6.07) is 4.47. The third-order valence-electron chi connectivity index (χ3n) is 2.96. The number of carbonyl (C=O) groups is 1. The number of likely N-dealkylation sites (N-methyl/N-ethyl adjacent to an activating group) is 1. The van der Waals surface area contributed by atoms with Gasteiger partial charge in [-0.2, -0.15) is 0 Å². The Morgan fingerprint density at radius 2 is 1.95 bits per heavy atom. The van der Waals surface area contributed by atoms with E-state index in [9.17, 15) is 9.90 Å². The molecular formula is C14H22ClNO4. The first-order valence-corrected chi connectivity index (χ1v) is 6.38. The molecular weight excluding hydrogens is 282 g/mol. The van der Waals surface area contributed by atoms with Crippen molar-refractivity contribution in [3.63, 3.8) is 0 Å². The number of carbonyl (C=O) groups excluding carboxylic acids is 1. The minimum absolute atomic E-state index is 0. The molecule has 0 radical (unpaired) electrons. The molecule has 0 heterocycles. The highest BCUT2D eigenvalue weighted by molar-refractivity contribution is 5.92. The molecule has 0 amide bonds. The lowest BCUT2D eigenvalue weighted by Crippen LogP contribution is -2.27. The fourth-order valence-corrected chi connectivity index (χ4v) is 1.69. The number of methoxy groups -OCH3 is 1. The van der Waals surface area contributed by atoms with Gasteiger partial charge < -0.3 is 19.5 Å². The van der Waals surface area contributed by atoms with Crippen LogP contribution in [0.25, 0.3) is 0 Å². The van der Waals surface area contributed by atoms with Gasteiger partial charge in [-0.25, -0.2) is 4.79 Å². The van der Waals surface area contributed by atoms with Crippen LogP contribution >= 0.6 is 12.4 Å². The summed E-state index contributed by atoms with van der Waals surface area (Å²) in [5.74, 6) is -0.134. The molecule has 0 spiro atoms. The van der Waals surface area contributed by atoms with E-state index in [2.05, 4.69) is 18.7 Å². The van der Waals surface area contributed by atoms with Gasteiger partial charge in [0.15, 0.2) is 0 Å². The van der Waals surface area contributed by atoms with E-state index < -0.39 is 5.97 Å². The molecule has 1 N–H and O–H groups in total. The summed E-state index contributed by atoms with van der Waals surface area (Å²) in [5.41, 5.74) is 0.124. The second-order valence-corrected chi connectivity index (χ2v) is 4.05. The van der Waals surface area contributed by atoms with Crippen LogP contribution in [-0.2, 0) is 4.74 Å². The molecule has 0 saturated heterocycles. The van der Waals surface area contributed by atoms with Gasteiger partial charge in [0.05, 0.1) is 7.11 Å². The Bertz CT molecular complexity index is 422. The lowest BCUT2D eigenvalue weighted by Gasteiger charge is -2.17. The zero-order valence-corrected chi connectivity index (χ0v) is 12.9. The summed E-state index contributed by atoms with van der Waals surface area (Å²) in [5, 5.41) is 9.63. The molecule has 0 aromatic heterocycles. The first-order chi connectivity index (χ1) is 9.12. The smallest absolute Gasteiger partial charge is 0.342 e. The van der Waals surface area contributed by atoms with Crippen LogP contribution in [0.1, 0.15) is 24.2 Å². The van der Waals surface area contributed by atoms with Gasteiger partial charge in [-0.05, 0) is 31.3 Å². The molecule has 0 aliphatic rings. The number of esters is 1. The molecule has 0 atom stereocenters. The minimum atomic E-state index is -0.538. The lowest BCUT2D eigenvalue weighted by molar-refractivity contribution is 0.0463. The summed E-state index contributed by atoms with van der Waals surface area (Å²) in [4.78, 5) is 14.0. The van der Waals surface area contributed by atoms with Gasteiger partial charge in [0, 0.05) is 6.54 Å². The van der Waals surface area contributed by atoms with Crippen molar-refractivity contribution in [2.75, 3.05) is 33.4 Å². The number of benzene rings is 1. The van der Waals surface area contributed by atoms with E-state index in [4.69, 9.17) is 9.47 Å². The third-order valence-corrected chi connectivity index (χ3v) is 2.96. The SMILES string of the molecule is CCN(CC)CCOC(=O)c1cc(OC)ccc1O.Cl. The van der Waals surface area contributed by atoms with Gasteiger partial charge in [-0.3, -0.25) is 0 Å². The number of ether oxygens (including phenoxy) is 2. The molecule has 0 aliphatic heterocycles.